The number of halogens is 1. The van der Waals surface area contributed by atoms with Crippen LogP contribution >= 0.6 is 11.6 Å². The zero-order chi connectivity index (χ0) is 19.7. The molecule has 3 aromatic rings. The van der Waals surface area contributed by atoms with Gasteiger partial charge in [-0.3, -0.25) is 14.4 Å². The van der Waals surface area contributed by atoms with Crippen LogP contribution in [0.3, 0.4) is 0 Å². The second kappa shape index (κ2) is 7.48. The molecule has 2 aromatic carbocycles. The lowest BCUT2D eigenvalue weighted by molar-refractivity contribution is 0.0536. The standard InChI is InChI=1S/C21H18ClN3O3/c22-15-7-5-14(6-8-15)20(27)24-9-11-25(12-10-24)21(28)17-13-19(26)23-18-4-2-1-3-16(17)18/h1-8,13H,9-12H2,(H,23,26). The molecule has 1 N–H and O–H groups in total. The molecule has 4 rings (SSSR count). The Labute approximate surface area is 166 Å². The normalized spacial score (nSPS) is 14.3. The summed E-state index contributed by atoms with van der Waals surface area (Å²) in [7, 11) is 0. The number of benzene rings is 2. The van der Waals surface area contributed by atoms with Crippen LogP contribution in [0.15, 0.2) is 59.4 Å². The highest BCUT2D eigenvalue weighted by Gasteiger charge is 2.26. The number of pyridine rings is 1. The molecule has 0 atom stereocenters. The highest BCUT2D eigenvalue weighted by Crippen LogP contribution is 2.18. The van der Waals surface area contributed by atoms with E-state index in [1.54, 1.807) is 40.1 Å². The van der Waals surface area contributed by atoms with Crippen molar-refractivity contribution in [1.29, 1.82) is 0 Å². The lowest BCUT2D eigenvalue weighted by Crippen LogP contribution is -2.50. The van der Waals surface area contributed by atoms with Gasteiger partial charge < -0.3 is 14.8 Å². The molecule has 0 aliphatic carbocycles. The summed E-state index contributed by atoms with van der Waals surface area (Å²) in [5.74, 6) is -0.272. The minimum absolute atomic E-state index is 0.0784. The van der Waals surface area contributed by atoms with Crippen molar-refractivity contribution in [3.63, 3.8) is 0 Å². The first-order valence-electron chi connectivity index (χ1n) is 8.99. The zero-order valence-corrected chi connectivity index (χ0v) is 15.8. The number of nitrogens with one attached hydrogen (secondary N) is 1. The summed E-state index contributed by atoms with van der Waals surface area (Å²) < 4.78 is 0. The van der Waals surface area contributed by atoms with Crippen molar-refractivity contribution >= 4 is 34.3 Å². The second-order valence-electron chi connectivity index (χ2n) is 6.68. The summed E-state index contributed by atoms with van der Waals surface area (Å²) in [6.45, 7) is 1.71. The van der Waals surface area contributed by atoms with Gasteiger partial charge in [-0.15, -0.1) is 0 Å². The van der Waals surface area contributed by atoms with Crippen LogP contribution in [0.5, 0.6) is 0 Å². The number of fused-ring (bicyclic) bond motifs is 1. The summed E-state index contributed by atoms with van der Waals surface area (Å²) in [4.78, 5) is 43.7. The Bertz CT molecular complexity index is 1100. The van der Waals surface area contributed by atoms with Crippen LogP contribution < -0.4 is 5.56 Å². The number of aromatic amines is 1. The van der Waals surface area contributed by atoms with Gasteiger partial charge in [-0.25, -0.2) is 0 Å². The van der Waals surface area contributed by atoms with Crippen LogP contribution in [0.4, 0.5) is 0 Å². The van der Waals surface area contributed by atoms with E-state index < -0.39 is 0 Å². The van der Waals surface area contributed by atoms with Gasteiger partial charge in [0.05, 0.1) is 5.56 Å². The fraction of sp³-hybridized carbons (Fsp3) is 0.190. The predicted octanol–water partition coefficient (Wildman–Crippen LogP) is 2.78. The van der Waals surface area contributed by atoms with E-state index in [1.807, 2.05) is 18.2 Å². The molecule has 1 aliphatic rings. The Kier molecular flexibility index (Phi) is 4.88. The number of amides is 2. The number of H-pyrrole nitrogens is 1. The lowest BCUT2D eigenvalue weighted by Gasteiger charge is -2.35. The van der Waals surface area contributed by atoms with E-state index in [1.165, 1.54) is 6.07 Å². The number of aromatic nitrogens is 1. The van der Waals surface area contributed by atoms with Crippen molar-refractivity contribution in [2.45, 2.75) is 0 Å². The van der Waals surface area contributed by atoms with E-state index in [9.17, 15) is 14.4 Å². The maximum absolute atomic E-state index is 13.0. The van der Waals surface area contributed by atoms with Gasteiger partial charge in [-0.1, -0.05) is 29.8 Å². The largest absolute Gasteiger partial charge is 0.335 e. The topological polar surface area (TPSA) is 73.5 Å². The summed E-state index contributed by atoms with van der Waals surface area (Å²) in [6, 6.07) is 15.4. The number of hydrogen-bond donors (Lipinski definition) is 1. The SMILES string of the molecule is O=C(c1ccc(Cl)cc1)N1CCN(C(=O)c2cc(=O)[nH]c3ccccc23)CC1. The quantitative estimate of drug-likeness (QED) is 0.725. The number of carbonyl (C=O) groups is 2. The maximum atomic E-state index is 13.0. The Morgan fingerprint density at radius 2 is 1.46 bits per heavy atom. The molecule has 2 heterocycles. The van der Waals surface area contributed by atoms with Crippen molar-refractivity contribution in [2.24, 2.45) is 0 Å². The van der Waals surface area contributed by atoms with E-state index in [2.05, 4.69) is 4.98 Å². The maximum Gasteiger partial charge on any atom is 0.254 e. The minimum Gasteiger partial charge on any atom is -0.335 e. The molecule has 2 amide bonds. The Balaban J connectivity index is 1.50. The molecular formula is C21H18ClN3O3. The van der Waals surface area contributed by atoms with E-state index in [4.69, 9.17) is 11.6 Å². The van der Waals surface area contributed by atoms with E-state index in [0.717, 1.165) is 0 Å². The molecule has 0 bridgehead atoms. The molecule has 1 aromatic heterocycles. The fourth-order valence-corrected chi connectivity index (χ4v) is 3.57. The first-order valence-corrected chi connectivity index (χ1v) is 9.37. The van der Waals surface area contributed by atoms with Crippen LogP contribution in [-0.2, 0) is 0 Å². The van der Waals surface area contributed by atoms with Crippen molar-refractivity contribution < 1.29 is 9.59 Å². The van der Waals surface area contributed by atoms with Crippen molar-refractivity contribution in [3.8, 4) is 0 Å². The smallest absolute Gasteiger partial charge is 0.254 e. The highest BCUT2D eigenvalue weighted by atomic mass is 35.5. The van der Waals surface area contributed by atoms with Gasteiger partial charge in [0.2, 0.25) is 5.56 Å². The van der Waals surface area contributed by atoms with E-state index in [0.29, 0.717) is 53.2 Å². The molecule has 0 saturated carbocycles. The molecule has 1 fully saturated rings. The molecule has 7 heteroatoms. The monoisotopic (exact) mass is 395 g/mol. The Hall–Kier alpha value is -3.12. The third-order valence-electron chi connectivity index (χ3n) is 4.93. The summed E-state index contributed by atoms with van der Waals surface area (Å²) in [5.41, 5.74) is 1.29. The minimum atomic E-state index is -0.307. The van der Waals surface area contributed by atoms with Gasteiger partial charge in [0.15, 0.2) is 0 Å². The summed E-state index contributed by atoms with van der Waals surface area (Å²) in [5, 5.41) is 1.30. The van der Waals surface area contributed by atoms with Crippen LogP contribution in [0, 0.1) is 0 Å². The molecular weight excluding hydrogens is 378 g/mol. The average Bonchev–Trinajstić information content (AvgIpc) is 2.73. The van der Waals surface area contributed by atoms with Crippen molar-refractivity contribution in [1.82, 2.24) is 14.8 Å². The first kappa shape index (κ1) is 18.3. The average molecular weight is 396 g/mol. The highest BCUT2D eigenvalue weighted by molar-refractivity contribution is 6.30. The van der Waals surface area contributed by atoms with Crippen LogP contribution in [-0.4, -0.2) is 52.8 Å². The van der Waals surface area contributed by atoms with Crippen LogP contribution in [0.1, 0.15) is 20.7 Å². The molecule has 0 spiro atoms. The van der Waals surface area contributed by atoms with E-state index >= 15 is 0 Å². The Morgan fingerprint density at radius 1 is 0.857 bits per heavy atom. The third kappa shape index (κ3) is 3.51. The number of hydrogen-bond acceptors (Lipinski definition) is 3. The molecule has 6 nitrogen and oxygen atoms in total. The number of para-hydroxylation sites is 1. The molecule has 1 aliphatic heterocycles. The van der Waals surface area contributed by atoms with Gasteiger partial charge in [-0.05, 0) is 30.3 Å². The third-order valence-corrected chi connectivity index (χ3v) is 5.18. The van der Waals surface area contributed by atoms with Crippen molar-refractivity contribution in [3.05, 3.63) is 81.1 Å². The summed E-state index contributed by atoms with van der Waals surface area (Å²) in [6.07, 6.45) is 0. The zero-order valence-electron chi connectivity index (χ0n) is 15.0. The molecule has 0 unspecified atom stereocenters. The first-order chi connectivity index (χ1) is 13.5. The molecule has 1 saturated heterocycles. The van der Waals surface area contributed by atoms with Gasteiger partial charge in [0.1, 0.15) is 0 Å². The molecule has 0 radical (unpaired) electrons. The van der Waals surface area contributed by atoms with Crippen LogP contribution in [0.25, 0.3) is 10.9 Å². The molecule has 28 heavy (non-hydrogen) atoms. The second-order valence-corrected chi connectivity index (χ2v) is 7.12. The van der Waals surface area contributed by atoms with Gasteiger partial charge in [-0.2, -0.15) is 0 Å². The fourth-order valence-electron chi connectivity index (χ4n) is 3.44. The van der Waals surface area contributed by atoms with Gasteiger partial charge in [0, 0.05) is 53.7 Å². The molecule has 142 valence electrons. The van der Waals surface area contributed by atoms with E-state index in [-0.39, 0.29) is 17.4 Å². The number of nitrogens with zero attached hydrogens (tertiary/aromatic N) is 2. The summed E-state index contributed by atoms with van der Waals surface area (Å²) >= 11 is 5.87. The van der Waals surface area contributed by atoms with Crippen LogP contribution in [0.2, 0.25) is 5.02 Å². The predicted molar refractivity (Wildman–Crippen MR) is 108 cm³/mol. The Morgan fingerprint density at radius 3 is 2.14 bits per heavy atom. The number of rotatable bonds is 2. The van der Waals surface area contributed by atoms with Gasteiger partial charge in [0.25, 0.3) is 11.8 Å². The van der Waals surface area contributed by atoms with Crippen molar-refractivity contribution in [2.75, 3.05) is 26.2 Å². The number of piperazine rings is 1. The van der Waals surface area contributed by atoms with Gasteiger partial charge >= 0.3 is 0 Å². The lowest BCUT2D eigenvalue weighted by atomic mass is 10.1. The number of carbonyl (C=O) groups excluding carboxylic acids is 2.